The number of carbonyl (C=O) groups excluding carboxylic acids is 3. The summed E-state index contributed by atoms with van der Waals surface area (Å²) in [5.41, 5.74) is 2.55. The highest BCUT2D eigenvalue weighted by Crippen LogP contribution is 2.44. The first kappa shape index (κ1) is 38.1. The van der Waals surface area contributed by atoms with Crippen molar-refractivity contribution in [1.29, 1.82) is 0 Å². The highest BCUT2D eigenvalue weighted by atomic mass is 16.5. The molecule has 0 amide bonds. The zero-order valence-corrected chi connectivity index (χ0v) is 29.9. The summed E-state index contributed by atoms with van der Waals surface area (Å²) in [6.07, 6.45) is 0.766. The van der Waals surface area contributed by atoms with E-state index >= 15 is 0 Å². The molecule has 0 heterocycles. The van der Waals surface area contributed by atoms with E-state index in [1.165, 1.54) is 6.07 Å². The van der Waals surface area contributed by atoms with Crippen LogP contribution in [0.2, 0.25) is 0 Å². The fraction of sp³-hybridized carbons (Fsp3) is 0.233. The van der Waals surface area contributed by atoms with Crippen LogP contribution >= 0.6 is 0 Å². The second kappa shape index (κ2) is 18.9. The van der Waals surface area contributed by atoms with Gasteiger partial charge in [-0.2, -0.15) is 0 Å². The fourth-order valence-electron chi connectivity index (χ4n) is 5.67. The van der Waals surface area contributed by atoms with Gasteiger partial charge in [0.05, 0.1) is 43.8 Å². The lowest BCUT2D eigenvalue weighted by molar-refractivity contribution is -0.148. The molecule has 53 heavy (non-hydrogen) atoms. The third-order valence-electron chi connectivity index (χ3n) is 8.17. The normalized spacial score (nSPS) is 12.2. The van der Waals surface area contributed by atoms with E-state index in [-0.39, 0.29) is 43.3 Å². The maximum absolute atomic E-state index is 13.8. The van der Waals surface area contributed by atoms with Gasteiger partial charge in [0, 0.05) is 16.3 Å². The predicted octanol–water partition coefficient (Wildman–Crippen LogP) is 8.01. The van der Waals surface area contributed by atoms with Crippen LogP contribution in [0, 0.1) is 0 Å². The van der Waals surface area contributed by atoms with E-state index in [1.807, 2.05) is 60.7 Å². The van der Waals surface area contributed by atoms with E-state index in [2.05, 4.69) is 0 Å². The number of hydrogen-bond acceptors (Lipinski definition) is 10. The maximum Gasteiger partial charge on any atom is 0.338 e. The predicted molar refractivity (Wildman–Crippen MR) is 199 cm³/mol. The highest BCUT2D eigenvalue weighted by molar-refractivity contribution is 6.08. The van der Waals surface area contributed by atoms with Crippen molar-refractivity contribution in [2.45, 2.75) is 46.0 Å². The Morgan fingerprint density at radius 3 is 1.85 bits per heavy atom. The fourth-order valence-corrected chi connectivity index (χ4v) is 5.67. The van der Waals surface area contributed by atoms with Gasteiger partial charge < -0.3 is 33.5 Å². The number of esters is 3. The van der Waals surface area contributed by atoms with Crippen molar-refractivity contribution in [2.75, 3.05) is 19.8 Å². The minimum absolute atomic E-state index is 0.0215. The molecule has 2 atom stereocenters. The molecule has 0 aliphatic carbocycles. The summed E-state index contributed by atoms with van der Waals surface area (Å²) in [6, 6.07) is 32.5. The van der Waals surface area contributed by atoms with Crippen LogP contribution in [0.15, 0.2) is 122 Å². The average Bonchev–Trinajstić information content (AvgIpc) is 3.18. The highest BCUT2D eigenvalue weighted by Gasteiger charge is 2.36. The Morgan fingerprint density at radius 2 is 1.25 bits per heavy atom. The molecule has 10 nitrogen and oxygen atoms in total. The van der Waals surface area contributed by atoms with E-state index in [0.717, 1.165) is 23.5 Å². The summed E-state index contributed by atoms with van der Waals surface area (Å²) < 4.78 is 34.1. The van der Waals surface area contributed by atoms with Crippen LogP contribution in [0.1, 0.15) is 65.4 Å². The molecule has 5 aromatic carbocycles. The van der Waals surface area contributed by atoms with Crippen molar-refractivity contribution in [3.63, 3.8) is 0 Å². The molecule has 5 aromatic rings. The van der Waals surface area contributed by atoms with Gasteiger partial charge in [-0.3, -0.25) is 4.79 Å². The minimum Gasteiger partial charge on any atom is -0.489 e. The van der Waals surface area contributed by atoms with Crippen LogP contribution in [0.25, 0.3) is 10.8 Å². The number of hydrogen-bond donors (Lipinski definition) is 1. The lowest BCUT2D eigenvalue weighted by atomic mass is 9.85. The molecule has 0 bridgehead atoms. The number of aliphatic hydroxyl groups excluding tert-OH is 1. The zero-order valence-electron chi connectivity index (χ0n) is 29.9. The van der Waals surface area contributed by atoms with Crippen LogP contribution in [0.3, 0.4) is 0 Å². The summed E-state index contributed by atoms with van der Waals surface area (Å²) >= 11 is 0. The van der Waals surface area contributed by atoms with Gasteiger partial charge in [-0.05, 0) is 73.9 Å². The number of carbonyl (C=O) groups is 3. The van der Waals surface area contributed by atoms with Gasteiger partial charge in [-0.1, -0.05) is 72.8 Å². The number of rotatable bonds is 17. The van der Waals surface area contributed by atoms with Gasteiger partial charge in [-0.15, -0.1) is 0 Å². The van der Waals surface area contributed by atoms with Crippen molar-refractivity contribution in [1.82, 2.24) is 0 Å². The summed E-state index contributed by atoms with van der Waals surface area (Å²) in [5, 5.41) is 12.7. The second-order valence-corrected chi connectivity index (χ2v) is 11.7. The van der Waals surface area contributed by atoms with Gasteiger partial charge in [0.1, 0.15) is 36.4 Å². The third kappa shape index (κ3) is 10.0. The molecular formula is C43H42O10. The first-order valence-electron chi connectivity index (χ1n) is 17.4. The Bertz CT molecular complexity index is 2010. The number of fused-ring (bicyclic) bond motifs is 1. The molecule has 0 spiro atoms. The molecule has 0 fully saturated rings. The number of aliphatic hydroxyl groups is 1. The Morgan fingerprint density at radius 1 is 0.660 bits per heavy atom. The molecule has 0 radical (unpaired) electrons. The second-order valence-electron chi connectivity index (χ2n) is 11.7. The standard InChI is InChI=1S/C43H42O10/c1-4-48-38(44)23-24-51-41-34-22-21-33(53-28-30-15-11-8-12-16-30)25-35(34)36(42(46)49-5-2)26-37(41)39(43(47)50-6-3)40(45)31-17-19-32(20-18-31)52-27-29-13-9-7-10-14-29/h7-26,39-40,45H,4-6,27-28H2,1-3H3/b24-23+/t39-,40+/m1/s1. The lowest BCUT2D eigenvalue weighted by Crippen LogP contribution is -2.24. The van der Waals surface area contributed by atoms with E-state index < -0.39 is 29.9 Å². The van der Waals surface area contributed by atoms with Crippen molar-refractivity contribution < 1.29 is 47.9 Å². The molecule has 0 aliphatic rings. The van der Waals surface area contributed by atoms with E-state index in [0.29, 0.717) is 34.4 Å². The molecular weight excluding hydrogens is 676 g/mol. The van der Waals surface area contributed by atoms with E-state index in [9.17, 15) is 19.5 Å². The quantitative estimate of drug-likeness (QED) is 0.0437. The molecule has 274 valence electrons. The maximum atomic E-state index is 13.8. The Balaban J connectivity index is 1.60. The summed E-state index contributed by atoms with van der Waals surface area (Å²) in [7, 11) is 0. The average molecular weight is 719 g/mol. The van der Waals surface area contributed by atoms with Crippen LogP contribution in [-0.4, -0.2) is 42.8 Å². The largest absolute Gasteiger partial charge is 0.489 e. The molecule has 0 unspecified atom stereocenters. The molecule has 5 rings (SSSR count). The Hall–Kier alpha value is -6.13. The molecule has 10 heteroatoms. The zero-order chi connectivity index (χ0) is 37.6. The lowest BCUT2D eigenvalue weighted by Gasteiger charge is -2.26. The molecule has 0 aromatic heterocycles. The van der Waals surface area contributed by atoms with Crippen LogP contribution in [0.5, 0.6) is 17.2 Å². The number of benzene rings is 5. The Labute approximate surface area is 308 Å². The molecule has 0 aliphatic heterocycles. The van der Waals surface area contributed by atoms with E-state index in [4.69, 9.17) is 28.4 Å². The van der Waals surface area contributed by atoms with Gasteiger partial charge in [0.15, 0.2) is 0 Å². The van der Waals surface area contributed by atoms with Crippen molar-refractivity contribution >= 4 is 28.7 Å². The van der Waals surface area contributed by atoms with Crippen LogP contribution in [0.4, 0.5) is 0 Å². The van der Waals surface area contributed by atoms with Crippen LogP contribution in [-0.2, 0) is 37.0 Å². The molecule has 0 saturated carbocycles. The summed E-state index contributed by atoms with van der Waals surface area (Å²) in [4.78, 5) is 39.6. The van der Waals surface area contributed by atoms with Gasteiger partial charge in [-0.25, -0.2) is 9.59 Å². The first-order chi connectivity index (χ1) is 25.8. The van der Waals surface area contributed by atoms with Crippen molar-refractivity contribution in [2.24, 2.45) is 0 Å². The smallest absolute Gasteiger partial charge is 0.338 e. The van der Waals surface area contributed by atoms with Gasteiger partial charge in [0.2, 0.25) is 0 Å². The van der Waals surface area contributed by atoms with E-state index in [1.54, 1.807) is 63.2 Å². The molecule has 0 saturated heterocycles. The number of ether oxygens (including phenoxy) is 6. The summed E-state index contributed by atoms with van der Waals surface area (Å²) in [5.74, 6) is -2.33. The molecule has 1 N–H and O–H groups in total. The SMILES string of the molecule is CCOC(=O)/C=C/Oc1c([C@@H](C(=O)OCC)[C@@H](O)c2ccc(OCc3ccccc3)cc2)cc(C(=O)OCC)c2cc(OCc3ccccc3)ccc12. The van der Waals surface area contributed by atoms with Crippen molar-refractivity contribution in [3.8, 4) is 17.2 Å². The third-order valence-corrected chi connectivity index (χ3v) is 8.17. The monoisotopic (exact) mass is 718 g/mol. The van der Waals surface area contributed by atoms with Crippen molar-refractivity contribution in [3.05, 3.63) is 149 Å². The van der Waals surface area contributed by atoms with Crippen LogP contribution < -0.4 is 14.2 Å². The Kier molecular flexibility index (Phi) is 13.6. The van der Waals surface area contributed by atoms with Gasteiger partial charge >= 0.3 is 17.9 Å². The first-order valence-corrected chi connectivity index (χ1v) is 17.4. The topological polar surface area (TPSA) is 127 Å². The minimum atomic E-state index is -1.46. The van der Waals surface area contributed by atoms with Gasteiger partial charge in [0.25, 0.3) is 0 Å². The summed E-state index contributed by atoms with van der Waals surface area (Å²) in [6.45, 7) is 5.91.